The molecule has 0 aliphatic rings. The van der Waals surface area contributed by atoms with Gasteiger partial charge < -0.3 is 4.74 Å². The van der Waals surface area contributed by atoms with Gasteiger partial charge in [0, 0.05) is 24.4 Å². The first-order chi connectivity index (χ1) is 9.04. The van der Waals surface area contributed by atoms with Crippen molar-refractivity contribution in [2.75, 3.05) is 13.7 Å². The van der Waals surface area contributed by atoms with Gasteiger partial charge in [-0.1, -0.05) is 0 Å². The average Bonchev–Trinajstić information content (AvgIpc) is 2.75. The van der Waals surface area contributed by atoms with E-state index in [0.29, 0.717) is 24.4 Å². The summed E-state index contributed by atoms with van der Waals surface area (Å²) in [5.74, 6) is -1.76. The van der Waals surface area contributed by atoms with E-state index in [0.717, 1.165) is 0 Å². The van der Waals surface area contributed by atoms with Crippen molar-refractivity contribution in [2.24, 2.45) is 0 Å². The summed E-state index contributed by atoms with van der Waals surface area (Å²) in [5.41, 5.74) is 1.44. The van der Waals surface area contributed by atoms with Crippen molar-refractivity contribution >= 4 is 15.9 Å². The third-order valence-corrected chi connectivity index (χ3v) is 3.41. The first kappa shape index (κ1) is 14.1. The Labute approximate surface area is 118 Å². The van der Waals surface area contributed by atoms with Gasteiger partial charge in [-0.2, -0.15) is 5.10 Å². The zero-order valence-electron chi connectivity index (χ0n) is 10.6. The van der Waals surface area contributed by atoms with Crippen LogP contribution in [0, 0.1) is 18.6 Å². The molecule has 1 heterocycles. The molecule has 0 saturated heterocycles. The Morgan fingerprint density at radius 2 is 2.00 bits per heavy atom. The molecular formula is C13H13BrF2N2O. The molecule has 0 N–H and O–H groups in total. The van der Waals surface area contributed by atoms with Crippen LogP contribution in [-0.4, -0.2) is 23.5 Å². The van der Waals surface area contributed by atoms with Crippen molar-refractivity contribution in [1.82, 2.24) is 9.78 Å². The molecule has 0 saturated carbocycles. The van der Waals surface area contributed by atoms with E-state index in [-0.39, 0.29) is 10.0 Å². The lowest BCUT2D eigenvalue weighted by Crippen LogP contribution is -2.04. The Bertz CT molecular complexity index is 599. The van der Waals surface area contributed by atoms with Gasteiger partial charge in [0.15, 0.2) is 11.6 Å². The fraction of sp³-hybridized carbons (Fsp3) is 0.308. The molecule has 0 unspecified atom stereocenters. The van der Waals surface area contributed by atoms with Crippen LogP contribution >= 0.6 is 15.9 Å². The Hall–Kier alpha value is -1.27. The van der Waals surface area contributed by atoms with Crippen LogP contribution in [0.15, 0.2) is 22.8 Å². The summed E-state index contributed by atoms with van der Waals surface area (Å²) < 4.78 is 34.2. The Balaban J connectivity index is 2.42. The lowest BCUT2D eigenvalue weighted by molar-refractivity contribution is 0.183. The second-order valence-corrected chi connectivity index (χ2v) is 4.96. The molecule has 0 radical (unpaired) electrons. The van der Waals surface area contributed by atoms with Gasteiger partial charge in [0.2, 0.25) is 0 Å². The molecule has 2 rings (SSSR count). The van der Waals surface area contributed by atoms with Gasteiger partial charge in [0.1, 0.15) is 0 Å². The highest BCUT2D eigenvalue weighted by Crippen LogP contribution is 2.30. The zero-order valence-corrected chi connectivity index (χ0v) is 12.2. The van der Waals surface area contributed by atoms with Crippen LogP contribution in [0.3, 0.4) is 0 Å². The Kier molecular flexibility index (Phi) is 4.31. The van der Waals surface area contributed by atoms with Crippen molar-refractivity contribution in [3.05, 3.63) is 40.1 Å². The minimum atomic E-state index is -0.887. The molecular weight excluding hydrogens is 318 g/mol. The molecule has 2 aromatic rings. The van der Waals surface area contributed by atoms with Crippen molar-refractivity contribution < 1.29 is 13.5 Å². The number of aromatic nitrogens is 2. The summed E-state index contributed by atoms with van der Waals surface area (Å²) in [7, 11) is 1.60. The highest BCUT2D eigenvalue weighted by atomic mass is 79.9. The maximum absolute atomic E-state index is 13.9. The molecule has 0 amide bonds. The van der Waals surface area contributed by atoms with Crippen LogP contribution in [0.4, 0.5) is 8.78 Å². The van der Waals surface area contributed by atoms with Crippen LogP contribution in [0.5, 0.6) is 0 Å². The SMILES string of the molecule is COCCn1cc(-c2ccc(Br)c(F)c2F)c(C)n1. The summed E-state index contributed by atoms with van der Waals surface area (Å²) in [6, 6.07) is 3.02. The van der Waals surface area contributed by atoms with Gasteiger partial charge in [-0.15, -0.1) is 0 Å². The highest BCUT2D eigenvalue weighted by molar-refractivity contribution is 9.10. The maximum Gasteiger partial charge on any atom is 0.173 e. The van der Waals surface area contributed by atoms with Crippen LogP contribution in [0.1, 0.15) is 5.69 Å². The van der Waals surface area contributed by atoms with Gasteiger partial charge in [-0.25, -0.2) is 8.78 Å². The summed E-state index contributed by atoms with van der Waals surface area (Å²) in [6.45, 7) is 2.84. The van der Waals surface area contributed by atoms with Crippen molar-refractivity contribution in [1.29, 1.82) is 0 Å². The van der Waals surface area contributed by atoms with E-state index in [4.69, 9.17) is 4.74 Å². The van der Waals surface area contributed by atoms with E-state index < -0.39 is 11.6 Å². The fourth-order valence-electron chi connectivity index (χ4n) is 1.82. The normalized spacial score (nSPS) is 11.0. The monoisotopic (exact) mass is 330 g/mol. The first-order valence-electron chi connectivity index (χ1n) is 5.71. The number of methoxy groups -OCH3 is 1. The number of aryl methyl sites for hydroxylation is 1. The molecule has 0 spiro atoms. The number of benzene rings is 1. The predicted molar refractivity (Wildman–Crippen MR) is 71.9 cm³/mol. The molecule has 6 heteroatoms. The fourth-order valence-corrected chi connectivity index (χ4v) is 2.12. The average molecular weight is 331 g/mol. The molecule has 0 aliphatic heterocycles. The Morgan fingerprint density at radius 3 is 2.68 bits per heavy atom. The number of nitrogens with zero attached hydrogens (tertiary/aromatic N) is 2. The van der Waals surface area contributed by atoms with Gasteiger partial charge in [0.05, 0.1) is 23.3 Å². The van der Waals surface area contributed by atoms with E-state index in [1.54, 1.807) is 24.9 Å². The molecule has 1 aromatic carbocycles. The lowest BCUT2D eigenvalue weighted by Gasteiger charge is -2.04. The maximum atomic E-state index is 13.9. The molecule has 1 aromatic heterocycles. The van der Waals surface area contributed by atoms with Crippen LogP contribution in [-0.2, 0) is 11.3 Å². The number of hydrogen-bond acceptors (Lipinski definition) is 2. The summed E-state index contributed by atoms with van der Waals surface area (Å²) in [5, 5.41) is 4.25. The highest BCUT2D eigenvalue weighted by Gasteiger charge is 2.16. The summed E-state index contributed by atoms with van der Waals surface area (Å²) in [4.78, 5) is 0. The predicted octanol–water partition coefficient (Wildman–Crippen LogP) is 3.55. The minimum absolute atomic E-state index is 0.109. The molecule has 0 bridgehead atoms. The van der Waals surface area contributed by atoms with Gasteiger partial charge in [-0.05, 0) is 35.0 Å². The molecule has 102 valence electrons. The third-order valence-electron chi connectivity index (χ3n) is 2.80. The topological polar surface area (TPSA) is 27.1 Å². The second kappa shape index (κ2) is 5.79. The minimum Gasteiger partial charge on any atom is -0.383 e. The van der Waals surface area contributed by atoms with E-state index in [2.05, 4.69) is 21.0 Å². The van der Waals surface area contributed by atoms with E-state index in [1.807, 2.05) is 0 Å². The lowest BCUT2D eigenvalue weighted by atomic mass is 10.1. The van der Waals surface area contributed by atoms with Gasteiger partial charge in [0.25, 0.3) is 0 Å². The van der Waals surface area contributed by atoms with E-state index in [1.165, 1.54) is 12.1 Å². The molecule has 0 aliphatic carbocycles. The van der Waals surface area contributed by atoms with Gasteiger partial charge >= 0.3 is 0 Å². The van der Waals surface area contributed by atoms with Crippen LogP contribution in [0.2, 0.25) is 0 Å². The largest absolute Gasteiger partial charge is 0.383 e. The van der Waals surface area contributed by atoms with Crippen molar-refractivity contribution in [2.45, 2.75) is 13.5 Å². The smallest absolute Gasteiger partial charge is 0.173 e. The number of ether oxygens (including phenoxy) is 1. The van der Waals surface area contributed by atoms with Crippen molar-refractivity contribution in [3.63, 3.8) is 0 Å². The third kappa shape index (κ3) is 2.84. The van der Waals surface area contributed by atoms with E-state index in [9.17, 15) is 8.78 Å². The second-order valence-electron chi connectivity index (χ2n) is 4.11. The molecule has 19 heavy (non-hydrogen) atoms. The molecule has 0 atom stereocenters. The summed E-state index contributed by atoms with van der Waals surface area (Å²) in [6.07, 6.45) is 1.69. The molecule has 3 nitrogen and oxygen atoms in total. The first-order valence-corrected chi connectivity index (χ1v) is 6.50. The molecule has 0 fully saturated rings. The van der Waals surface area contributed by atoms with Crippen molar-refractivity contribution in [3.8, 4) is 11.1 Å². The summed E-state index contributed by atoms with van der Waals surface area (Å²) >= 11 is 2.96. The van der Waals surface area contributed by atoms with E-state index >= 15 is 0 Å². The number of rotatable bonds is 4. The number of hydrogen-bond donors (Lipinski definition) is 0. The van der Waals surface area contributed by atoms with Crippen LogP contribution in [0.25, 0.3) is 11.1 Å². The van der Waals surface area contributed by atoms with Crippen LogP contribution < -0.4 is 0 Å². The quantitative estimate of drug-likeness (QED) is 0.801. The Morgan fingerprint density at radius 1 is 1.26 bits per heavy atom. The zero-order chi connectivity index (χ0) is 14.0. The standard InChI is InChI=1S/C13H13BrF2N2O/c1-8-10(7-18(17-8)5-6-19-2)9-3-4-11(14)13(16)12(9)15/h3-4,7H,5-6H2,1-2H3. The van der Waals surface area contributed by atoms with Gasteiger partial charge in [-0.3, -0.25) is 4.68 Å². The number of halogens is 3.